The van der Waals surface area contributed by atoms with Crippen molar-refractivity contribution in [2.24, 2.45) is 11.8 Å². The van der Waals surface area contributed by atoms with Crippen molar-refractivity contribution in [3.05, 3.63) is 0 Å². The van der Waals surface area contributed by atoms with Crippen LogP contribution in [-0.2, 0) is 28.4 Å². The van der Waals surface area contributed by atoms with E-state index in [0.717, 1.165) is 0 Å². The Morgan fingerprint density at radius 2 is 1.13 bits per heavy atom. The second-order valence-electron chi connectivity index (χ2n) is 3.52. The van der Waals surface area contributed by atoms with Crippen LogP contribution < -0.4 is 0 Å². The largest absolute Gasteiger partial charge is 0.506 e. The van der Waals surface area contributed by atoms with Crippen molar-refractivity contribution in [2.45, 2.75) is 27.7 Å². The van der Waals surface area contributed by atoms with Gasteiger partial charge in [-0.05, 0) is 0 Å². The molecule has 0 aromatic heterocycles. The van der Waals surface area contributed by atoms with Gasteiger partial charge in [-0.15, -0.1) is 8.42 Å². The van der Waals surface area contributed by atoms with Crippen LogP contribution in [-0.4, -0.2) is 20.4 Å². The summed E-state index contributed by atoms with van der Waals surface area (Å²) in [5, 5.41) is 0. The van der Waals surface area contributed by atoms with Crippen molar-refractivity contribution < 1.29 is 26.4 Å². The average Bonchev–Trinajstić information content (AvgIpc) is 2.01. The molecule has 0 radical (unpaired) electrons. The Labute approximate surface area is 88.9 Å². The van der Waals surface area contributed by atoms with E-state index in [2.05, 4.69) is 8.37 Å². The molecule has 0 aliphatic rings. The highest BCUT2D eigenvalue weighted by molar-refractivity contribution is 7.82. The third-order valence-electron chi connectivity index (χ3n) is 1.31. The standard InChI is InChI=1S/C8H14O6S/c1-5(2)7(9)13-15(11,12)14-8(10)6(3)4/h5-6H,1-4H3. The first kappa shape index (κ1) is 13.9. The van der Waals surface area contributed by atoms with E-state index in [0.29, 0.717) is 0 Å². The second kappa shape index (κ2) is 5.11. The predicted octanol–water partition coefficient (Wildman–Crippen LogP) is 0.630. The Bertz CT molecular complexity index is 312. The number of rotatable bonds is 4. The molecule has 0 spiro atoms. The third-order valence-corrected chi connectivity index (χ3v) is 2.05. The minimum absolute atomic E-state index is 0.613. The topological polar surface area (TPSA) is 86.7 Å². The average molecular weight is 238 g/mol. The Kier molecular flexibility index (Phi) is 4.73. The zero-order valence-electron chi connectivity index (χ0n) is 9.01. The lowest BCUT2D eigenvalue weighted by atomic mass is 10.2. The number of hydrogen-bond acceptors (Lipinski definition) is 6. The van der Waals surface area contributed by atoms with Gasteiger partial charge in [0.05, 0.1) is 11.8 Å². The maximum atomic E-state index is 11.0. The molecule has 88 valence electrons. The summed E-state index contributed by atoms with van der Waals surface area (Å²) in [4.78, 5) is 21.8. The molecule has 0 amide bonds. The molecule has 0 unspecified atom stereocenters. The van der Waals surface area contributed by atoms with Gasteiger partial charge in [-0.1, -0.05) is 27.7 Å². The normalized spacial score (nSPS) is 11.6. The summed E-state index contributed by atoms with van der Waals surface area (Å²) in [6.07, 6.45) is 0. The monoisotopic (exact) mass is 238 g/mol. The molecule has 0 aromatic carbocycles. The van der Waals surface area contributed by atoms with Gasteiger partial charge in [0, 0.05) is 0 Å². The van der Waals surface area contributed by atoms with E-state index in [1.807, 2.05) is 0 Å². The molecule has 0 saturated heterocycles. The van der Waals surface area contributed by atoms with Crippen LogP contribution in [0.3, 0.4) is 0 Å². The van der Waals surface area contributed by atoms with Gasteiger partial charge >= 0.3 is 22.3 Å². The zero-order chi connectivity index (χ0) is 12.2. The van der Waals surface area contributed by atoms with E-state index >= 15 is 0 Å². The minimum Gasteiger partial charge on any atom is -0.316 e. The summed E-state index contributed by atoms with van der Waals surface area (Å²) in [6, 6.07) is 0. The number of hydrogen-bond donors (Lipinski definition) is 0. The second-order valence-corrected chi connectivity index (χ2v) is 4.67. The SMILES string of the molecule is CC(C)C(=O)OS(=O)(=O)OC(=O)C(C)C. The summed E-state index contributed by atoms with van der Waals surface area (Å²) in [5.74, 6) is -3.16. The quantitative estimate of drug-likeness (QED) is 0.714. The molecule has 0 heterocycles. The van der Waals surface area contributed by atoms with E-state index in [9.17, 15) is 18.0 Å². The maximum absolute atomic E-state index is 11.0. The molecular weight excluding hydrogens is 224 g/mol. The molecular formula is C8H14O6S. The Balaban J connectivity index is 4.46. The molecule has 0 N–H and O–H groups in total. The molecule has 0 bridgehead atoms. The van der Waals surface area contributed by atoms with Crippen LogP contribution >= 0.6 is 0 Å². The van der Waals surface area contributed by atoms with Crippen LogP contribution in [0.5, 0.6) is 0 Å². The maximum Gasteiger partial charge on any atom is 0.506 e. The first-order valence-electron chi connectivity index (χ1n) is 4.37. The smallest absolute Gasteiger partial charge is 0.316 e. The van der Waals surface area contributed by atoms with Crippen LogP contribution in [0.25, 0.3) is 0 Å². The summed E-state index contributed by atoms with van der Waals surface area (Å²) in [7, 11) is -4.57. The Hall–Kier alpha value is -1.11. The third kappa shape index (κ3) is 5.36. The summed E-state index contributed by atoms with van der Waals surface area (Å²) in [6.45, 7) is 5.84. The molecule has 0 rings (SSSR count). The predicted molar refractivity (Wildman–Crippen MR) is 50.8 cm³/mol. The highest BCUT2D eigenvalue weighted by Gasteiger charge is 2.25. The lowest BCUT2D eigenvalue weighted by Gasteiger charge is -2.08. The number of carbonyl (C=O) groups is 2. The van der Waals surface area contributed by atoms with Gasteiger partial charge in [-0.3, -0.25) is 9.59 Å². The fourth-order valence-corrected chi connectivity index (χ4v) is 1.23. The molecule has 6 nitrogen and oxygen atoms in total. The highest BCUT2D eigenvalue weighted by Crippen LogP contribution is 2.06. The lowest BCUT2D eigenvalue weighted by molar-refractivity contribution is -0.141. The van der Waals surface area contributed by atoms with Crippen molar-refractivity contribution in [1.29, 1.82) is 0 Å². The first-order valence-corrected chi connectivity index (χ1v) is 5.70. The Morgan fingerprint density at radius 1 is 0.867 bits per heavy atom. The van der Waals surface area contributed by atoms with Gasteiger partial charge in [0.15, 0.2) is 0 Å². The molecule has 0 aliphatic heterocycles. The molecule has 0 atom stereocenters. The van der Waals surface area contributed by atoms with E-state index in [4.69, 9.17) is 0 Å². The summed E-state index contributed by atoms with van der Waals surface area (Å²) >= 11 is 0. The molecule has 0 fully saturated rings. The van der Waals surface area contributed by atoms with Gasteiger partial charge in [0.1, 0.15) is 0 Å². The molecule has 15 heavy (non-hydrogen) atoms. The lowest BCUT2D eigenvalue weighted by Crippen LogP contribution is -2.24. The van der Waals surface area contributed by atoms with Crippen LogP contribution in [0.1, 0.15) is 27.7 Å². The van der Waals surface area contributed by atoms with Gasteiger partial charge in [-0.2, -0.15) is 0 Å². The van der Waals surface area contributed by atoms with E-state index in [1.54, 1.807) is 0 Å². The molecule has 7 heteroatoms. The van der Waals surface area contributed by atoms with Gasteiger partial charge in [-0.25, -0.2) is 0 Å². The first-order chi connectivity index (χ1) is 6.65. The highest BCUT2D eigenvalue weighted by atomic mass is 32.3. The van der Waals surface area contributed by atoms with Crippen LogP contribution in [0.15, 0.2) is 0 Å². The Morgan fingerprint density at radius 3 is 1.33 bits per heavy atom. The summed E-state index contributed by atoms with van der Waals surface area (Å²) in [5.41, 5.74) is 0. The fourth-order valence-electron chi connectivity index (χ4n) is 0.411. The van der Waals surface area contributed by atoms with Gasteiger partial charge in [0.25, 0.3) is 0 Å². The van der Waals surface area contributed by atoms with E-state index in [1.165, 1.54) is 27.7 Å². The summed E-state index contributed by atoms with van der Waals surface area (Å²) < 4.78 is 30.0. The van der Waals surface area contributed by atoms with Crippen LogP contribution in [0.2, 0.25) is 0 Å². The van der Waals surface area contributed by atoms with Gasteiger partial charge < -0.3 is 8.37 Å². The fraction of sp³-hybridized carbons (Fsp3) is 0.750. The van der Waals surface area contributed by atoms with E-state index in [-0.39, 0.29) is 0 Å². The zero-order valence-corrected chi connectivity index (χ0v) is 9.83. The van der Waals surface area contributed by atoms with Crippen LogP contribution in [0, 0.1) is 11.8 Å². The molecule has 0 saturated carbocycles. The molecule has 0 aromatic rings. The van der Waals surface area contributed by atoms with Crippen molar-refractivity contribution in [3.8, 4) is 0 Å². The van der Waals surface area contributed by atoms with Crippen LogP contribution in [0.4, 0.5) is 0 Å². The van der Waals surface area contributed by atoms with Crippen molar-refractivity contribution >= 4 is 22.3 Å². The number of carbonyl (C=O) groups excluding carboxylic acids is 2. The minimum atomic E-state index is -4.57. The molecule has 0 aliphatic carbocycles. The van der Waals surface area contributed by atoms with Gasteiger partial charge in [0.2, 0.25) is 0 Å². The van der Waals surface area contributed by atoms with E-state index < -0.39 is 34.2 Å². The van der Waals surface area contributed by atoms with Crippen molar-refractivity contribution in [3.63, 3.8) is 0 Å². The van der Waals surface area contributed by atoms with Crippen molar-refractivity contribution in [2.75, 3.05) is 0 Å². The van der Waals surface area contributed by atoms with Crippen molar-refractivity contribution in [1.82, 2.24) is 0 Å².